The lowest BCUT2D eigenvalue weighted by Crippen LogP contribution is -2.20. The van der Waals surface area contributed by atoms with Gasteiger partial charge in [0.05, 0.1) is 27.7 Å². The second-order valence-electron chi connectivity index (χ2n) is 4.83. The fourth-order valence-corrected chi connectivity index (χ4v) is 6.59. The summed E-state index contributed by atoms with van der Waals surface area (Å²) in [6.45, 7) is 2.68. The first-order valence-corrected chi connectivity index (χ1v) is 10.1. The predicted octanol–water partition coefficient (Wildman–Crippen LogP) is 1.28. The predicted molar refractivity (Wildman–Crippen MR) is 83.3 cm³/mol. The summed E-state index contributed by atoms with van der Waals surface area (Å²) in [6, 6.07) is 3.93. The van der Waals surface area contributed by atoms with Gasteiger partial charge in [-0.05, 0) is 18.4 Å². The van der Waals surface area contributed by atoms with E-state index < -0.39 is 15.9 Å². The minimum absolute atomic E-state index is 0.0102. The van der Waals surface area contributed by atoms with E-state index in [0.29, 0.717) is 11.7 Å². The van der Waals surface area contributed by atoms with Gasteiger partial charge in [-0.25, -0.2) is 8.42 Å². The highest BCUT2D eigenvalue weighted by Crippen LogP contribution is 2.33. The topological polar surface area (TPSA) is 85.1 Å². The monoisotopic (exact) mass is 345 g/mol. The Morgan fingerprint density at radius 1 is 1.48 bits per heavy atom. The van der Waals surface area contributed by atoms with Crippen molar-refractivity contribution >= 4 is 32.9 Å². The summed E-state index contributed by atoms with van der Waals surface area (Å²) in [4.78, 5) is 1.02. The third-order valence-electron chi connectivity index (χ3n) is 3.30. The molecule has 6 nitrogen and oxygen atoms in total. The maximum absolute atomic E-state index is 11.6. The van der Waals surface area contributed by atoms with E-state index in [0.717, 1.165) is 10.7 Å². The molecule has 3 rings (SSSR count). The molecule has 0 aromatic carbocycles. The van der Waals surface area contributed by atoms with Crippen molar-refractivity contribution in [2.45, 2.75) is 30.0 Å². The largest absolute Gasteiger partial charge is 0.391 e. The van der Waals surface area contributed by atoms with Crippen LogP contribution < -0.4 is 0 Å². The number of hydrogen-bond acceptors (Lipinski definition) is 7. The average Bonchev–Trinajstić information content (AvgIpc) is 3.09. The Balaban J connectivity index is 1.87. The van der Waals surface area contributed by atoms with Gasteiger partial charge >= 0.3 is 0 Å². The molecule has 114 valence electrons. The Labute approximate surface area is 131 Å². The van der Waals surface area contributed by atoms with E-state index in [1.807, 2.05) is 29.0 Å². The van der Waals surface area contributed by atoms with E-state index in [4.69, 9.17) is 0 Å². The second kappa shape index (κ2) is 5.71. The molecule has 0 saturated carbocycles. The van der Waals surface area contributed by atoms with Crippen molar-refractivity contribution in [1.82, 2.24) is 14.8 Å². The van der Waals surface area contributed by atoms with Gasteiger partial charge < -0.3 is 9.67 Å². The van der Waals surface area contributed by atoms with Crippen molar-refractivity contribution in [3.8, 4) is 10.7 Å². The number of thioether (sulfide) groups is 1. The lowest BCUT2D eigenvalue weighted by molar-refractivity contribution is 0.207. The average molecular weight is 345 g/mol. The van der Waals surface area contributed by atoms with Crippen LogP contribution in [0.2, 0.25) is 0 Å². The van der Waals surface area contributed by atoms with E-state index >= 15 is 0 Å². The summed E-state index contributed by atoms with van der Waals surface area (Å²) >= 11 is 2.88. The second-order valence-corrected chi connectivity index (χ2v) is 9.14. The minimum atomic E-state index is -3.15. The first-order valence-electron chi connectivity index (χ1n) is 6.52. The third kappa shape index (κ3) is 3.01. The number of aliphatic hydroxyl groups excluding tert-OH is 1. The summed E-state index contributed by atoms with van der Waals surface area (Å²) in [5.41, 5.74) is 0. The molecule has 1 fully saturated rings. The van der Waals surface area contributed by atoms with Gasteiger partial charge in [-0.1, -0.05) is 17.8 Å². The Bertz CT molecular complexity index is 724. The van der Waals surface area contributed by atoms with Gasteiger partial charge in [0.2, 0.25) is 0 Å². The summed E-state index contributed by atoms with van der Waals surface area (Å²) in [7, 11) is -3.15. The minimum Gasteiger partial charge on any atom is -0.391 e. The molecular weight excluding hydrogens is 330 g/mol. The highest BCUT2D eigenvalue weighted by Gasteiger charge is 2.38. The van der Waals surface area contributed by atoms with Crippen LogP contribution in [-0.2, 0) is 16.4 Å². The number of thiophene rings is 1. The third-order valence-corrected chi connectivity index (χ3v) is 7.39. The van der Waals surface area contributed by atoms with Gasteiger partial charge in [-0.15, -0.1) is 21.5 Å². The maximum Gasteiger partial charge on any atom is 0.191 e. The maximum atomic E-state index is 11.6. The zero-order valence-corrected chi connectivity index (χ0v) is 13.8. The first-order chi connectivity index (χ1) is 10.00. The van der Waals surface area contributed by atoms with Gasteiger partial charge in [0.25, 0.3) is 0 Å². The zero-order valence-electron chi connectivity index (χ0n) is 11.3. The molecule has 1 aliphatic rings. The van der Waals surface area contributed by atoms with Gasteiger partial charge in [0.1, 0.15) is 0 Å². The quantitative estimate of drug-likeness (QED) is 0.898. The SMILES string of the molecule is CCn1c(S[C@@H]2CS(=O)(=O)C[C@@H]2O)nnc1-c1cccs1. The molecule has 2 aromatic rings. The molecule has 1 N–H and O–H groups in total. The van der Waals surface area contributed by atoms with Crippen LogP contribution in [0, 0.1) is 0 Å². The van der Waals surface area contributed by atoms with Crippen LogP contribution >= 0.6 is 23.1 Å². The number of aliphatic hydroxyl groups is 1. The van der Waals surface area contributed by atoms with E-state index in [1.54, 1.807) is 11.3 Å². The lowest BCUT2D eigenvalue weighted by Gasteiger charge is -2.12. The molecular formula is C12H15N3O3S3. The summed E-state index contributed by atoms with van der Waals surface area (Å²) in [5.74, 6) is 0.609. The van der Waals surface area contributed by atoms with Crippen molar-refractivity contribution in [3.05, 3.63) is 17.5 Å². The van der Waals surface area contributed by atoms with Gasteiger partial charge in [-0.2, -0.15) is 0 Å². The highest BCUT2D eigenvalue weighted by atomic mass is 32.2. The molecule has 2 atom stereocenters. The molecule has 3 heterocycles. The number of rotatable bonds is 4. The standard InChI is InChI=1S/C12H15N3O3S3/c1-2-15-11(9-4-3-5-19-9)13-14-12(15)20-10-7-21(17,18)6-8(10)16/h3-5,8,10,16H,2,6-7H2,1H3/t8-,10+/m0/s1. The fourth-order valence-electron chi connectivity index (χ4n) is 2.29. The summed E-state index contributed by atoms with van der Waals surface area (Å²) in [6.07, 6.45) is -0.841. The molecule has 1 saturated heterocycles. The van der Waals surface area contributed by atoms with Crippen LogP contribution in [0.15, 0.2) is 22.7 Å². The molecule has 0 aliphatic carbocycles. The van der Waals surface area contributed by atoms with E-state index in [-0.39, 0.29) is 16.8 Å². The highest BCUT2D eigenvalue weighted by molar-refractivity contribution is 8.01. The van der Waals surface area contributed by atoms with Crippen LogP contribution in [0.3, 0.4) is 0 Å². The Morgan fingerprint density at radius 3 is 2.86 bits per heavy atom. The number of nitrogens with zero attached hydrogens (tertiary/aromatic N) is 3. The van der Waals surface area contributed by atoms with Crippen molar-refractivity contribution in [3.63, 3.8) is 0 Å². The van der Waals surface area contributed by atoms with Crippen molar-refractivity contribution < 1.29 is 13.5 Å². The van der Waals surface area contributed by atoms with Crippen LogP contribution in [-0.4, -0.2) is 51.1 Å². The molecule has 0 amide bonds. The van der Waals surface area contributed by atoms with Crippen LogP contribution in [0.5, 0.6) is 0 Å². The number of sulfone groups is 1. The van der Waals surface area contributed by atoms with E-state index in [9.17, 15) is 13.5 Å². The van der Waals surface area contributed by atoms with Crippen molar-refractivity contribution in [2.24, 2.45) is 0 Å². The number of aromatic nitrogens is 3. The normalized spacial score (nSPS) is 24.5. The van der Waals surface area contributed by atoms with Gasteiger partial charge in [-0.3, -0.25) is 0 Å². The molecule has 0 radical (unpaired) electrons. The first kappa shape index (κ1) is 15.0. The van der Waals surface area contributed by atoms with E-state index in [2.05, 4.69) is 10.2 Å². The Kier molecular flexibility index (Phi) is 4.08. The van der Waals surface area contributed by atoms with Gasteiger partial charge in [0.15, 0.2) is 20.8 Å². The van der Waals surface area contributed by atoms with Crippen LogP contribution in [0.4, 0.5) is 0 Å². The number of hydrogen-bond donors (Lipinski definition) is 1. The zero-order chi connectivity index (χ0) is 15.0. The van der Waals surface area contributed by atoms with Crippen LogP contribution in [0.25, 0.3) is 10.7 Å². The van der Waals surface area contributed by atoms with Crippen molar-refractivity contribution in [2.75, 3.05) is 11.5 Å². The lowest BCUT2D eigenvalue weighted by atomic mass is 10.3. The molecule has 1 aliphatic heterocycles. The smallest absolute Gasteiger partial charge is 0.191 e. The summed E-state index contributed by atoms with van der Waals surface area (Å²) in [5, 5.41) is 20.5. The molecule has 21 heavy (non-hydrogen) atoms. The van der Waals surface area contributed by atoms with Crippen molar-refractivity contribution in [1.29, 1.82) is 0 Å². The Hall–Kier alpha value is -0.900. The Morgan fingerprint density at radius 2 is 2.29 bits per heavy atom. The van der Waals surface area contributed by atoms with Crippen LogP contribution in [0.1, 0.15) is 6.92 Å². The van der Waals surface area contributed by atoms with Gasteiger partial charge in [0, 0.05) is 6.54 Å². The molecule has 9 heteroatoms. The molecule has 0 bridgehead atoms. The molecule has 0 unspecified atom stereocenters. The fraction of sp³-hybridized carbons (Fsp3) is 0.500. The summed E-state index contributed by atoms with van der Waals surface area (Å²) < 4.78 is 25.1. The van der Waals surface area contributed by atoms with E-state index in [1.165, 1.54) is 11.8 Å². The molecule has 0 spiro atoms. The molecule has 2 aromatic heterocycles.